The zero-order valence-corrected chi connectivity index (χ0v) is 13.6. The second-order valence-electron chi connectivity index (χ2n) is 4.55. The summed E-state index contributed by atoms with van der Waals surface area (Å²) >= 11 is 17.7. The van der Waals surface area contributed by atoms with Crippen molar-refractivity contribution < 1.29 is 14.3 Å². The molecule has 0 radical (unpaired) electrons. The van der Waals surface area contributed by atoms with E-state index in [4.69, 9.17) is 39.2 Å². The summed E-state index contributed by atoms with van der Waals surface area (Å²) in [5, 5.41) is 9.98. The third-order valence-corrected chi connectivity index (χ3v) is 3.97. The molecule has 2 aromatic rings. The fraction of sp³-hybridized carbons (Fsp3) is 0.214. The van der Waals surface area contributed by atoms with Crippen LogP contribution >= 0.6 is 34.8 Å². The van der Waals surface area contributed by atoms with Crippen molar-refractivity contribution in [3.8, 4) is 5.75 Å². The number of phenolic OH excluding ortho intramolecular Hbond substituents is 1. The highest BCUT2D eigenvalue weighted by Crippen LogP contribution is 2.39. The van der Waals surface area contributed by atoms with E-state index in [1.165, 1.54) is 11.0 Å². The first-order valence-electron chi connectivity index (χ1n) is 5.98. The molecule has 0 saturated heterocycles. The monoisotopic (exact) mass is 347 g/mol. The first kappa shape index (κ1) is 16.0. The number of carbonyl (C=O) groups excluding carboxylic acids is 1. The Morgan fingerprint density at radius 2 is 1.95 bits per heavy atom. The SMILES string of the molecule is Cc1ccc(CN(C)C(=O)c2c(O)c(Cl)cc(Cl)c2Cl)o1. The van der Waals surface area contributed by atoms with Gasteiger partial charge in [-0.2, -0.15) is 0 Å². The van der Waals surface area contributed by atoms with E-state index in [0.717, 1.165) is 5.76 Å². The first-order chi connectivity index (χ1) is 9.81. The van der Waals surface area contributed by atoms with Crippen LogP contribution in [0.25, 0.3) is 0 Å². The number of hydrogen-bond donors (Lipinski definition) is 1. The number of rotatable bonds is 3. The van der Waals surface area contributed by atoms with Crippen molar-refractivity contribution in [2.75, 3.05) is 7.05 Å². The smallest absolute Gasteiger partial charge is 0.259 e. The lowest BCUT2D eigenvalue weighted by Gasteiger charge is -2.18. The predicted octanol–water partition coefficient (Wildman–Crippen LogP) is 4.53. The van der Waals surface area contributed by atoms with Crippen LogP contribution < -0.4 is 0 Å². The third-order valence-electron chi connectivity index (χ3n) is 2.90. The summed E-state index contributed by atoms with van der Waals surface area (Å²) in [5.74, 6) is 0.471. The van der Waals surface area contributed by atoms with Gasteiger partial charge in [0, 0.05) is 7.05 Å². The first-order valence-corrected chi connectivity index (χ1v) is 7.12. The van der Waals surface area contributed by atoms with Crippen LogP contribution in [0.4, 0.5) is 0 Å². The van der Waals surface area contributed by atoms with Gasteiger partial charge in [0.25, 0.3) is 5.91 Å². The molecule has 21 heavy (non-hydrogen) atoms. The molecule has 2 rings (SSSR count). The Morgan fingerprint density at radius 1 is 1.29 bits per heavy atom. The number of halogens is 3. The summed E-state index contributed by atoms with van der Waals surface area (Å²) < 4.78 is 5.41. The van der Waals surface area contributed by atoms with Gasteiger partial charge in [-0.3, -0.25) is 4.79 Å². The van der Waals surface area contributed by atoms with E-state index in [1.807, 2.05) is 6.92 Å². The lowest BCUT2D eigenvalue weighted by atomic mass is 10.1. The van der Waals surface area contributed by atoms with Gasteiger partial charge < -0.3 is 14.4 Å². The maximum absolute atomic E-state index is 12.4. The van der Waals surface area contributed by atoms with Gasteiger partial charge >= 0.3 is 0 Å². The molecule has 1 aromatic heterocycles. The molecule has 1 heterocycles. The summed E-state index contributed by atoms with van der Waals surface area (Å²) in [6, 6.07) is 4.85. The average Bonchev–Trinajstić information content (AvgIpc) is 2.82. The van der Waals surface area contributed by atoms with Crippen molar-refractivity contribution in [1.29, 1.82) is 0 Å². The number of hydrogen-bond acceptors (Lipinski definition) is 3. The molecule has 0 spiro atoms. The van der Waals surface area contributed by atoms with E-state index in [-0.39, 0.29) is 27.2 Å². The van der Waals surface area contributed by atoms with Crippen molar-refractivity contribution >= 4 is 40.7 Å². The highest BCUT2D eigenvalue weighted by molar-refractivity contribution is 6.45. The van der Waals surface area contributed by atoms with Gasteiger partial charge in [-0.15, -0.1) is 0 Å². The van der Waals surface area contributed by atoms with Crippen molar-refractivity contribution in [3.05, 3.63) is 50.4 Å². The zero-order chi connectivity index (χ0) is 15.7. The van der Waals surface area contributed by atoms with Crippen LogP contribution in [0.5, 0.6) is 5.75 Å². The fourth-order valence-corrected chi connectivity index (χ4v) is 2.54. The number of furan rings is 1. The molecule has 7 heteroatoms. The van der Waals surface area contributed by atoms with Gasteiger partial charge in [0.15, 0.2) is 0 Å². The molecule has 0 fully saturated rings. The second-order valence-corrected chi connectivity index (χ2v) is 5.74. The van der Waals surface area contributed by atoms with Crippen molar-refractivity contribution in [2.24, 2.45) is 0 Å². The Balaban J connectivity index is 2.31. The summed E-state index contributed by atoms with van der Waals surface area (Å²) in [6.45, 7) is 2.04. The standard InChI is InChI=1S/C14H12Cl3NO3/c1-7-3-4-8(21-7)6-18(2)14(20)11-12(17)9(15)5-10(16)13(11)19/h3-5,19H,6H2,1-2H3. The highest BCUT2D eigenvalue weighted by atomic mass is 35.5. The van der Waals surface area contributed by atoms with Crippen LogP contribution in [0.3, 0.4) is 0 Å². The van der Waals surface area contributed by atoms with Crippen molar-refractivity contribution in [2.45, 2.75) is 13.5 Å². The number of carbonyl (C=O) groups is 1. The van der Waals surface area contributed by atoms with Gasteiger partial charge in [0.1, 0.15) is 22.8 Å². The number of benzene rings is 1. The van der Waals surface area contributed by atoms with Crippen LogP contribution in [-0.2, 0) is 6.54 Å². The van der Waals surface area contributed by atoms with Crippen molar-refractivity contribution in [3.63, 3.8) is 0 Å². The number of aromatic hydroxyl groups is 1. The normalized spacial score (nSPS) is 10.7. The summed E-state index contributed by atoms with van der Waals surface area (Å²) in [5.41, 5.74) is -0.125. The molecule has 1 aromatic carbocycles. The third kappa shape index (κ3) is 3.28. The molecule has 0 bridgehead atoms. The van der Waals surface area contributed by atoms with Gasteiger partial charge in [-0.25, -0.2) is 0 Å². The molecule has 0 atom stereocenters. The number of aryl methyl sites for hydroxylation is 1. The average molecular weight is 349 g/mol. The van der Waals surface area contributed by atoms with Gasteiger partial charge in [-0.1, -0.05) is 34.8 Å². The Hall–Kier alpha value is -1.36. The minimum absolute atomic E-state index is 0.0324. The zero-order valence-electron chi connectivity index (χ0n) is 11.3. The highest BCUT2D eigenvalue weighted by Gasteiger charge is 2.24. The second kappa shape index (κ2) is 6.18. The molecule has 1 amide bonds. The Bertz CT molecular complexity index is 671. The number of phenols is 1. The summed E-state index contributed by atoms with van der Waals surface area (Å²) in [7, 11) is 1.56. The van der Waals surface area contributed by atoms with Crippen LogP contribution in [0.1, 0.15) is 21.9 Å². The molecule has 0 aliphatic rings. The molecule has 0 unspecified atom stereocenters. The van der Waals surface area contributed by atoms with Crippen LogP contribution in [-0.4, -0.2) is 23.0 Å². The van der Waals surface area contributed by atoms with E-state index >= 15 is 0 Å². The molecule has 4 nitrogen and oxygen atoms in total. The van der Waals surface area contributed by atoms with Crippen LogP contribution in [0.2, 0.25) is 15.1 Å². The number of amides is 1. The molecular weight excluding hydrogens is 337 g/mol. The molecule has 0 saturated carbocycles. The molecule has 112 valence electrons. The van der Waals surface area contributed by atoms with E-state index in [0.29, 0.717) is 5.76 Å². The molecule has 0 aliphatic heterocycles. The van der Waals surface area contributed by atoms with E-state index < -0.39 is 11.7 Å². The fourth-order valence-electron chi connectivity index (χ4n) is 1.85. The van der Waals surface area contributed by atoms with Gasteiger partial charge in [-0.05, 0) is 25.1 Å². The topological polar surface area (TPSA) is 53.7 Å². The summed E-state index contributed by atoms with van der Waals surface area (Å²) in [6.07, 6.45) is 0. The lowest BCUT2D eigenvalue weighted by molar-refractivity contribution is 0.0772. The Kier molecular flexibility index (Phi) is 4.71. The molecule has 0 aliphatic carbocycles. The van der Waals surface area contributed by atoms with E-state index in [9.17, 15) is 9.90 Å². The maximum Gasteiger partial charge on any atom is 0.259 e. The summed E-state index contributed by atoms with van der Waals surface area (Å²) in [4.78, 5) is 13.8. The van der Waals surface area contributed by atoms with E-state index in [1.54, 1.807) is 19.2 Å². The largest absolute Gasteiger partial charge is 0.505 e. The predicted molar refractivity (Wildman–Crippen MR) is 82.4 cm³/mol. The van der Waals surface area contributed by atoms with Gasteiger partial charge in [0.2, 0.25) is 0 Å². The van der Waals surface area contributed by atoms with E-state index in [2.05, 4.69) is 0 Å². The maximum atomic E-state index is 12.4. The van der Waals surface area contributed by atoms with Gasteiger partial charge in [0.05, 0.1) is 21.6 Å². The quantitative estimate of drug-likeness (QED) is 0.829. The van der Waals surface area contributed by atoms with Crippen LogP contribution in [0, 0.1) is 6.92 Å². The Morgan fingerprint density at radius 3 is 2.52 bits per heavy atom. The molecule has 1 N–H and O–H groups in total. The van der Waals surface area contributed by atoms with Crippen LogP contribution in [0.15, 0.2) is 22.6 Å². The number of nitrogens with zero attached hydrogens (tertiary/aromatic N) is 1. The minimum Gasteiger partial charge on any atom is -0.505 e. The van der Waals surface area contributed by atoms with Crippen molar-refractivity contribution in [1.82, 2.24) is 4.90 Å². The minimum atomic E-state index is -0.504. The Labute approximate surface area is 136 Å². The lowest BCUT2D eigenvalue weighted by Crippen LogP contribution is -2.26. The molecular formula is C14H12Cl3NO3.